The Morgan fingerprint density at radius 3 is 2.75 bits per heavy atom. The lowest BCUT2D eigenvalue weighted by molar-refractivity contribution is -0.140. The molecule has 1 heterocycles. The topological polar surface area (TPSA) is 53.4 Å². The van der Waals surface area contributed by atoms with Gasteiger partial charge in [0.05, 0.1) is 11.4 Å². The minimum Gasteiger partial charge on any atom is -0.481 e. The van der Waals surface area contributed by atoms with Crippen molar-refractivity contribution in [3.05, 3.63) is 36.0 Å². The van der Waals surface area contributed by atoms with Gasteiger partial charge in [-0.1, -0.05) is 32.0 Å². The molecule has 106 valence electrons. The molecule has 4 heteroatoms. The maximum absolute atomic E-state index is 11.0. The van der Waals surface area contributed by atoms with Gasteiger partial charge >= 0.3 is 5.97 Å². The molecule has 0 radical (unpaired) electrons. The maximum Gasteiger partial charge on any atom is 0.308 e. The van der Waals surface area contributed by atoms with E-state index in [1.54, 1.807) is 6.92 Å². The zero-order valence-electron chi connectivity index (χ0n) is 12.1. The number of hydrogen-bond acceptors (Lipinski definition) is 3. The molecular formula is C16H20N2O2. The summed E-state index contributed by atoms with van der Waals surface area (Å²) in [5, 5.41) is 10.1. The van der Waals surface area contributed by atoms with Gasteiger partial charge in [-0.2, -0.15) is 0 Å². The average Bonchev–Trinajstić information content (AvgIpc) is 2.45. The zero-order chi connectivity index (χ0) is 14.7. The summed E-state index contributed by atoms with van der Waals surface area (Å²) in [6.07, 6.45) is 0.861. The summed E-state index contributed by atoms with van der Waals surface area (Å²) in [4.78, 5) is 17.6. The summed E-state index contributed by atoms with van der Waals surface area (Å²) in [5.74, 6) is -1.18. The van der Waals surface area contributed by atoms with Crippen LogP contribution in [0.4, 0.5) is 5.69 Å². The lowest BCUT2D eigenvalue weighted by atomic mass is 10.1. The SMILES string of the molecule is CCc1cc(N(C)CC(C)C(=O)O)c2ccccc2n1. The van der Waals surface area contributed by atoms with Crippen LogP contribution >= 0.6 is 0 Å². The summed E-state index contributed by atoms with van der Waals surface area (Å²) in [5.41, 5.74) is 3.02. The second-order valence-corrected chi connectivity index (χ2v) is 5.12. The van der Waals surface area contributed by atoms with E-state index in [1.807, 2.05) is 36.2 Å². The standard InChI is InChI=1S/C16H20N2O2/c1-4-12-9-15(18(3)10-11(2)16(19)20)13-7-5-6-8-14(13)17-12/h5-9,11H,4,10H2,1-3H3,(H,19,20). The number of para-hydroxylation sites is 1. The number of hydrogen-bond donors (Lipinski definition) is 1. The van der Waals surface area contributed by atoms with E-state index in [0.29, 0.717) is 6.54 Å². The number of rotatable bonds is 5. The van der Waals surface area contributed by atoms with Gasteiger partial charge in [-0.25, -0.2) is 0 Å². The lowest BCUT2D eigenvalue weighted by Crippen LogP contribution is -2.28. The van der Waals surface area contributed by atoms with Gasteiger partial charge in [0.2, 0.25) is 0 Å². The quantitative estimate of drug-likeness (QED) is 0.909. The molecule has 1 atom stereocenters. The van der Waals surface area contributed by atoms with Crippen LogP contribution in [-0.4, -0.2) is 29.7 Å². The minimum atomic E-state index is -0.772. The number of aromatic nitrogens is 1. The maximum atomic E-state index is 11.0. The van der Waals surface area contributed by atoms with Gasteiger partial charge in [0.25, 0.3) is 0 Å². The van der Waals surface area contributed by atoms with E-state index < -0.39 is 11.9 Å². The van der Waals surface area contributed by atoms with Crippen molar-refractivity contribution in [2.45, 2.75) is 20.3 Å². The monoisotopic (exact) mass is 272 g/mol. The number of aryl methyl sites for hydroxylation is 1. The van der Waals surface area contributed by atoms with Crippen LogP contribution in [0.2, 0.25) is 0 Å². The van der Waals surface area contributed by atoms with Gasteiger partial charge < -0.3 is 10.0 Å². The molecule has 2 aromatic rings. The van der Waals surface area contributed by atoms with Gasteiger partial charge in [-0.15, -0.1) is 0 Å². The predicted octanol–water partition coefficient (Wildman–Crippen LogP) is 2.95. The number of carboxylic acids is 1. The number of fused-ring (bicyclic) bond motifs is 1. The molecule has 0 saturated heterocycles. The van der Waals surface area contributed by atoms with Crippen LogP contribution in [0, 0.1) is 5.92 Å². The highest BCUT2D eigenvalue weighted by Crippen LogP contribution is 2.26. The van der Waals surface area contributed by atoms with Crippen molar-refractivity contribution in [1.82, 2.24) is 4.98 Å². The molecule has 0 aliphatic heterocycles. The Morgan fingerprint density at radius 1 is 1.40 bits per heavy atom. The van der Waals surface area contributed by atoms with Gasteiger partial charge in [-0.05, 0) is 18.6 Å². The highest BCUT2D eigenvalue weighted by atomic mass is 16.4. The summed E-state index contributed by atoms with van der Waals surface area (Å²) >= 11 is 0. The largest absolute Gasteiger partial charge is 0.481 e. The molecular weight excluding hydrogens is 252 g/mol. The molecule has 1 N–H and O–H groups in total. The first-order valence-corrected chi connectivity index (χ1v) is 6.85. The number of anilines is 1. The Morgan fingerprint density at radius 2 is 2.10 bits per heavy atom. The van der Waals surface area contributed by atoms with Crippen molar-refractivity contribution in [3.8, 4) is 0 Å². The van der Waals surface area contributed by atoms with Crippen LogP contribution in [0.15, 0.2) is 30.3 Å². The lowest BCUT2D eigenvalue weighted by Gasteiger charge is -2.23. The van der Waals surface area contributed by atoms with Gasteiger partial charge in [0, 0.05) is 30.4 Å². The highest BCUT2D eigenvalue weighted by Gasteiger charge is 2.16. The van der Waals surface area contributed by atoms with Gasteiger partial charge in [0.1, 0.15) is 0 Å². The highest BCUT2D eigenvalue weighted by molar-refractivity contribution is 5.92. The number of benzene rings is 1. The van der Waals surface area contributed by atoms with Crippen LogP contribution in [0.1, 0.15) is 19.5 Å². The summed E-state index contributed by atoms with van der Waals surface area (Å²) < 4.78 is 0. The molecule has 1 aromatic heterocycles. The second kappa shape index (κ2) is 5.90. The Labute approximate surface area is 119 Å². The molecule has 0 aliphatic carbocycles. The van der Waals surface area contributed by atoms with Crippen LogP contribution in [0.3, 0.4) is 0 Å². The molecule has 0 amide bonds. The molecule has 0 bridgehead atoms. The summed E-state index contributed by atoms with van der Waals surface area (Å²) in [6, 6.07) is 10.0. The summed E-state index contributed by atoms with van der Waals surface area (Å²) in [7, 11) is 1.93. The number of aliphatic carboxylic acids is 1. The van der Waals surface area contributed by atoms with E-state index in [-0.39, 0.29) is 0 Å². The molecule has 2 rings (SSSR count). The Bertz CT molecular complexity index is 625. The smallest absolute Gasteiger partial charge is 0.308 e. The molecule has 0 saturated carbocycles. The fraction of sp³-hybridized carbons (Fsp3) is 0.375. The molecule has 1 unspecified atom stereocenters. The fourth-order valence-corrected chi connectivity index (χ4v) is 2.29. The Balaban J connectivity index is 2.43. The van der Waals surface area contributed by atoms with Crippen molar-refractivity contribution in [3.63, 3.8) is 0 Å². The van der Waals surface area contributed by atoms with Crippen LogP contribution in [0.5, 0.6) is 0 Å². The molecule has 20 heavy (non-hydrogen) atoms. The third kappa shape index (κ3) is 2.90. The fourth-order valence-electron chi connectivity index (χ4n) is 2.29. The van der Waals surface area contributed by atoms with Crippen LogP contribution in [-0.2, 0) is 11.2 Å². The predicted molar refractivity (Wildman–Crippen MR) is 81.2 cm³/mol. The van der Waals surface area contributed by atoms with E-state index >= 15 is 0 Å². The molecule has 0 fully saturated rings. The van der Waals surface area contributed by atoms with Crippen molar-refractivity contribution < 1.29 is 9.90 Å². The number of nitrogens with zero attached hydrogens (tertiary/aromatic N) is 2. The second-order valence-electron chi connectivity index (χ2n) is 5.12. The van der Waals surface area contributed by atoms with Crippen molar-refractivity contribution in [1.29, 1.82) is 0 Å². The first kappa shape index (κ1) is 14.3. The zero-order valence-corrected chi connectivity index (χ0v) is 12.1. The normalized spacial score (nSPS) is 12.3. The van der Waals surface area contributed by atoms with Crippen LogP contribution in [0.25, 0.3) is 10.9 Å². The molecule has 0 aliphatic rings. The number of pyridine rings is 1. The first-order valence-electron chi connectivity index (χ1n) is 6.85. The van der Waals surface area contributed by atoms with Gasteiger partial charge in [-0.3, -0.25) is 9.78 Å². The van der Waals surface area contributed by atoms with E-state index in [1.165, 1.54) is 0 Å². The minimum absolute atomic E-state index is 0.406. The molecule has 1 aromatic carbocycles. The third-order valence-electron chi connectivity index (χ3n) is 3.49. The molecule has 4 nitrogen and oxygen atoms in total. The van der Waals surface area contributed by atoms with Crippen molar-refractivity contribution >= 4 is 22.6 Å². The Kier molecular flexibility index (Phi) is 4.23. The van der Waals surface area contributed by atoms with E-state index in [0.717, 1.165) is 28.7 Å². The van der Waals surface area contributed by atoms with E-state index in [2.05, 4.69) is 18.0 Å². The third-order valence-corrected chi connectivity index (χ3v) is 3.49. The number of carbonyl (C=O) groups is 1. The first-order chi connectivity index (χ1) is 9.52. The Hall–Kier alpha value is -2.10. The van der Waals surface area contributed by atoms with Crippen molar-refractivity contribution in [2.75, 3.05) is 18.5 Å². The average molecular weight is 272 g/mol. The van der Waals surface area contributed by atoms with Gasteiger partial charge in [0.15, 0.2) is 0 Å². The number of carboxylic acid groups (broad SMARTS) is 1. The molecule has 0 spiro atoms. The van der Waals surface area contributed by atoms with E-state index in [9.17, 15) is 4.79 Å². The van der Waals surface area contributed by atoms with E-state index in [4.69, 9.17) is 5.11 Å². The summed E-state index contributed by atoms with van der Waals surface area (Å²) in [6.45, 7) is 4.27. The van der Waals surface area contributed by atoms with Crippen molar-refractivity contribution in [2.24, 2.45) is 5.92 Å². The van der Waals surface area contributed by atoms with Crippen LogP contribution < -0.4 is 4.90 Å².